The molecule has 1 aromatic rings. The summed E-state index contributed by atoms with van der Waals surface area (Å²) in [6.45, 7) is 7.56. The van der Waals surface area contributed by atoms with E-state index in [1.54, 1.807) is 0 Å². The molecule has 0 radical (unpaired) electrons. The van der Waals surface area contributed by atoms with Crippen molar-refractivity contribution in [2.75, 3.05) is 16.8 Å². The summed E-state index contributed by atoms with van der Waals surface area (Å²) in [5.74, 6) is 1.07. The highest BCUT2D eigenvalue weighted by molar-refractivity contribution is 9.10. The van der Waals surface area contributed by atoms with E-state index in [0.29, 0.717) is 6.04 Å². The van der Waals surface area contributed by atoms with Crippen molar-refractivity contribution in [3.63, 3.8) is 0 Å². The minimum absolute atomic E-state index is 0.554. The van der Waals surface area contributed by atoms with Gasteiger partial charge in [-0.2, -0.15) is 0 Å². The van der Waals surface area contributed by atoms with Crippen molar-refractivity contribution < 1.29 is 0 Å². The largest absolute Gasteiger partial charge is 0.352 e. The first-order valence-corrected chi connectivity index (χ1v) is 8.00. The summed E-state index contributed by atoms with van der Waals surface area (Å²) in [6, 6.07) is 2.59. The standard InChI is InChI=1S/C13H20Br2N2/c1-4-11(5-2)17(9-7-14)13-12(15)10(3)6-8-16-13/h6,8,11H,4-5,7,9H2,1-3H3. The van der Waals surface area contributed by atoms with Gasteiger partial charge in [-0.15, -0.1) is 0 Å². The normalized spacial score (nSPS) is 10.9. The average Bonchev–Trinajstić information content (AvgIpc) is 2.33. The van der Waals surface area contributed by atoms with Crippen molar-refractivity contribution in [3.8, 4) is 0 Å². The Balaban J connectivity index is 3.08. The van der Waals surface area contributed by atoms with Gasteiger partial charge in [0, 0.05) is 24.1 Å². The number of aromatic nitrogens is 1. The Labute approximate surface area is 121 Å². The summed E-state index contributed by atoms with van der Waals surface area (Å²) >= 11 is 7.19. The molecule has 0 atom stereocenters. The fourth-order valence-corrected chi connectivity index (χ4v) is 2.85. The molecule has 1 rings (SSSR count). The Kier molecular flexibility index (Phi) is 6.49. The van der Waals surface area contributed by atoms with Gasteiger partial charge >= 0.3 is 0 Å². The summed E-state index contributed by atoms with van der Waals surface area (Å²) in [4.78, 5) is 6.93. The molecular weight excluding hydrogens is 344 g/mol. The molecule has 0 amide bonds. The van der Waals surface area contributed by atoms with Crippen LogP contribution in [0.1, 0.15) is 32.3 Å². The Morgan fingerprint density at radius 2 is 2.00 bits per heavy atom. The van der Waals surface area contributed by atoms with Crippen LogP contribution in [0.25, 0.3) is 0 Å². The molecule has 0 aliphatic heterocycles. The Morgan fingerprint density at radius 3 is 2.53 bits per heavy atom. The van der Waals surface area contributed by atoms with Crippen LogP contribution in [-0.2, 0) is 0 Å². The first-order valence-electron chi connectivity index (χ1n) is 6.09. The molecule has 2 nitrogen and oxygen atoms in total. The van der Waals surface area contributed by atoms with Crippen LogP contribution >= 0.6 is 31.9 Å². The fourth-order valence-electron chi connectivity index (χ4n) is 2.01. The van der Waals surface area contributed by atoms with E-state index in [1.165, 1.54) is 5.56 Å². The Bertz CT molecular complexity index is 351. The van der Waals surface area contributed by atoms with Crippen LogP contribution in [0.2, 0.25) is 0 Å². The second kappa shape index (κ2) is 7.37. The van der Waals surface area contributed by atoms with Gasteiger partial charge in [0.05, 0.1) is 4.47 Å². The first kappa shape index (κ1) is 15.0. The van der Waals surface area contributed by atoms with Crippen molar-refractivity contribution in [2.24, 2.45) is 0 Å². The third-order valence-corrected chi connectivity index (χ3v) is 4.38. The number of hydrogen-bond donors (Lipinski definition) is 0. The Hall–Kier alpha value is -0.0900. The van der Waals surface area contributed by atoms with Gasteiger partial charge in [0.25, 0.3) is 0 Å². The second-order valence-corrected chi connectivity index (χ2v) is 5.70. The predicted octanol–water partition coefficient (Wildman–Crippen LogP) is 4.54. The molecule has 0 bridgehead atoms. The van der Waals surface area contributed by atoms with Gasteiger partial charge in [-0.25, -0.2) is 4.98 Å². The van der Waals surface area contributed by atoms with Crippen LogP contribution in [0.3, 0.4) is 0 Å². The predicted molar refractivity (Wildman–Crippen MR) is 82.2 cm³/mol. The first-order chi connectivity index (χ1) is 8.15. The van der Waals surface area contributed by atoms with Crippen LogP contribution < -0.4 is 4.90 Å². The molecule has 0 N–H and O–H groups in total. The number of pyridine rings is 1. The van der Waals surface area contributed by atoms with E-state index < -0.39 is 0 Å². The average molecular weight is 364 g/mol. The van der Waals surface area contributed by atoms with E-state index in [9.17, 15) is 0 Å². The van der Waals surface area contributed by atoms with E-state index in [0.717, 1.165) is 35.0 Å². The van der Waals surface area contributed by atoms with Crippen molar-refractivity contribution in [1.82, 2.24) is 4.98 Å². The highest BCUT2D eigenvalue weighted by atomic mass is 79.9. The lowest BCUT2D eigenvalue weighted by atomic mass is 10.1. The molecule has 0 aliphatic rings. The summed E-state index contributed by atoms with van der Waals surface area (Å²) in [6.07, 6.45) is 4.18. The van der Waals surface area contributed by atoms with Crippen LogP contribution in [0.15, 0.2) is 16.7 Å². The maximum absolute atomic E-state index is 4.53. The summed E-state index contributed by atoms with van der Waals surface area (Å²) in [5, 5.41) is 0.964. The topological polar surface area (TPSA) is 16.1 Å². The number of aryl methyl sites for hydroxylation is 1. The highest BCUT2D eigenvalue weighted by Crippen LogP contribution is 2.29. The number of rotatable bonds is 6. The molecule has 0 aromatic carbocycles. The second-order valence-electron chi connectivity index (χ2n) is 4.12. The van der Waals surface area contributed by atoms with Crippen molar-refractivity contribution in [1.29, 1.82) is 0 Å². The molecule has 0 unspecified atom stereocenters. The third-order valence-electron chi connectivity index (χ3n) is 3.04. The van der Waals surface area contributed by atoms with Crippen LogP contribution in [-0.4, -0.2) is 22.9 Å². The fraction of sp³-hybridized carbons (Fsp3) is 0.615. The minimum atomic E-state index is 0.554. The smallest absolute Gasteiger partial charge is 0.143 e. The molecule has 17 heavy (non-hydrogen) atoms. The van der Waals surface area contributed by atoms with Gasteiger partial charge in [0.15, 0.2) is 0 Å². The number of anilines is 1. The van der Waals surface area contributed by atoms with E-state index in [-0.39, 0.29) is 0 Å². The van der Waals surface area contributed by atoms with Gasteiger partial charge < -0.3 is 4.90 Å². The van der Waals surface area contributed by atoms with E-state index in [1.807, 2.05) is 12.3 Å². The van der Waals surface area contributed by atoms with E-state index in [4.69, 9.17) is 0 Å². The molecule has 0 fully saturated rings. The molecular formula is C13H20Br2N2. The maximum atomic E-state index is 4.53. The zero-order valence-corrected chi connectivity index (χ0v) is 13.9. The summed E-state index contributed by atoms with van der Waals surface area (Å²) < 4.78 is 1.12. The Morgan fingerprint density at radius 1 is 1.35 bits per heavy atom. The summed E-state index contributed by atoms with van der Waals surface area (Å²) in [5.41, 5.74) is 1.24. The van der Waals surface area contributed by atoms with Gasteiger partial charge in [0.1, 0.15) is 5.82 Å². The molecule has 4 heteroatoms. The van der Waals surface area contributed by atoms with Crippen LogP contribution in [0.4, 0.5) is 5.82 Å². The lowest BCUT2D eigenvalue weighted by Crippen LogP contribution is -2.37. The zero-order valence-electron chi connectivity index (χ0n) is 10.7. The van der Waals surface area contributed by atoms with Gasteiger partial charge in [-0.1, -0.05) is 29.8 Å². The number of nitrogens with zero attached hydrogens (tertiary/aromatic N) is 2. The van der Waals surface area contributed by atoms with Crippen LogP contribution in [0.5, 0.6) is 0 Å². The number of alkyl halides is 1. The highest BCUT2D eigenvalue weighted by Gasteiger charge is 2.19. The molecule has 0 saturated carbocycles. The lowest BCUT2D eigenvalue weighted by molar-refractivity contribution is 0.563. The SMILES string of the molecule is CCC(CC)N(CCBr)c1nccc(C)c1Br. The lowest BCUT2D eigenvalue weighted by Gasteiger charge is -2.32. The van der Waals surface area contributed by atoms with Gasteiger partial charge in [-0.05, 0) is 47.3 Å². The van der Waals surface area contributed by atoms with Gasteiger partial charge in [0.2, 0.25) is 0 Å². The maximum Gasteiger partial charge on any atom is 0.143 e. The van der Waals surface area contributed by atoms with Gasteiger partial charge in [-0.3, -0.25) is 0 Å². The quantitative estimate of drug-likeness (QED) is 0.689. The third kappa shape index (κ3) is 3.68. The molecule has 1 aromatic heterocycles. The molecule has 96 valence electrons. The van der Waals surface area contributed by atoms with Crippen molar-refractivity contribution >= 4 is 37.7 Å². The monoisotopic (exact) mass is 362 g/mol. The molecule has 1 heterocycles. The zero-order chi connectivity index (χ0) is 12.8. The number of halogens is 2. The minimum Gasteiger partial charge on any atom is -0.352 e. The van der Waals surface area contributed by atoms with Crippen molar-refractivity contribution in [3.05, 3.63) is 22.3 Å². The van der Waals surface area contributed by atoms with E-state index >= 15 is 0 Å². The van der Waals surface area contributed by atoms with Crippen LogP contribution in [0, 0.1) is 6.92 Å². The molecule has 0 saturated heterocycles. The number of hydrogen-bond acceptors (Lipinski definition) is 2. The summed E-state index contributed by atoms with van der Waals surface area (Å²) in [7, 11) is 0. The molecule has 0 spiro atoms. The molecule has 0 aliphatic carbocycles. The van der Waals surface area contributed by atoms with Crippen molar-refractivity contribution in [2.45, 2.75) is 39.7 Å². The van der Waals surface area contributed by atoms with E-state index in [2.05, 4.69) is 62.5 Å².